The Bertz CT molecular complexity index is 423. The van der Waals surface area contributed by atoms with Crippen molar-refractivity contribution in [3.8, 4) is 11.9 Å². The Hall–Kier alpha value is -2.10. The van der Waals surface area contributed by atoms with Crippen LogP contribution in [-0.4, -0.2) is 17.6 Å². The van der Waals surface area contributed by atoms with Gasteiger partial charge in [0.25, 0.3) is 0 Å². The SMILES string of the molecule is N#Cc1c(C=O)ccnc1OC(F)(F)F. The van der Waals surface area contributed by atoms with E-state index in [0.29, 0.717) is 0 Å². The number of hydrogen-bond acceptors (Lipinski definition) is 4. The molecular formula is C8H3F3N2O2. The van der Waals surface area contributed by atoms with Crippen molar-refractivity contribution in [2.75, 3.05) is 0 Å². The first-order chi connectivity index (χ1) is 6.98. The summed E-state index contributed by atoms with van der Waals surface area (Å²) in [5.41, 5.74) is -0.739. The number of alkyl halides is 3. The highest BCUT2D eigenvalue weighted by molar-refractivity contribution is 5.80. The lowest BCUT2D eigenvalue weighted by atomic mass is 10.2. The summed E-state index contributed by atoms with van der Waals surface area (Å²) in [4.78, 5) is 13.6. The summed E-state index contributed by atoms with van der Waals surface area (Å²) in [6, 6.07) is 2.54. The van der Waals surface area contributed by atoms with Gasteiger partial charge in [0.05, 0.1) is 0 Å². The van der Waals surface area contributed by atoms with E-state index in [1.165, 1.54) is 6.07 Å². The summed E-state index contributed by atoms with van der Waals surface area (Å²) in [6.45, 7) is 0. The maximum atomic E-state index is 11.8. The number of carbonyl (C=O) groups excluding carboxylic acids is 1. The first kappa shape index (κ1) is 11.0. The van der Waals surface area contributed by atoms with E-state index in [1.54, 1.807) is 0 Å². The third kappa shape index (κ3) is 2.67. The van der Waals surface area contributed by atoms with E-state index in [9.17, 15) is 18.0 Å². The maximum Gasteiger partial charge on any atom is 0.574 e. The number of nitrogens with zero attached hydrogens (tertiary/aromatic N) is 2. The van der Waals surface area contributed by atoms with E-state index in [4.69, 9.17) is 5.26 Å². The van der Waals surface area contributed by atoms with E-state index in [-0.39, 0.29) is 11.8 Å². The summed E-state index contributed by atoms with van der Waals surface area (Å²) < 4.78 is 39.0. The fourth-order valence-electron chi connectivity index (χ4n) is 0.854. The lowest BCUT2D eigenvalue weighted by Gasteiger charge is -2.09. The molecule has 0 aliphatic heterocycles. The average molecular weight is 216 g/mol. The normalized spacial score (nSPS) is 10.5. The molecule has 1 rings (SSSR count). The molecular weight excluding hydrogens is 213 g/mol. The molecule has 1 heterocycles. The van der Waals surface area contributed by atoms with Crippen molar-refractivity contribution in [2.45, 2.75) is 6.36 Å². The number of hydrogen-bond donors (Lipinski definition) is 0. The summed E-state index contributed by atoms with van der Waals surface area (Å²) in [5.74, 6) is -0.922. The van der Waals surface area contributed by atoms with Crippen LogP contribution in [0.25, 0.3) is 0 Å². The molecule has 4 nitrogen and oxygen atoms in total. The van der Waals surface area contributed by atoms with Crippen LogP contribution in [0.5, 0.6) is 5.88 Å². The molecule has 0 aliphatic carbocycles. The molecule has 1 aromatic heterocycles. The molecule has 0 aromatic carbocycles. The molecule has 78 valence electrons. The van der Waals surface area contributed by atoms with Crippen LogP contribution in [0.2, 0.25) is 0 Å². The van der Waals surface area contributed by atoms with Crippen molar-refractivity contribution in [3.63, 3.8) is 0 Å². The summed E-state index contributed by atoms with van der Waals surface area (Å²) in [5, 5.41) is 8.53. The highest BCUT2D eigenvalue weighted by Crippen LogP contribution is 2.24. The average Bonchev–Trinajstić information content (AvgIpc) is 2.15. The molecule has 0 saturated heterocycles. The molecule has 7 heteroatoms. The van der Waals surface area contributed by atoms with Crippen molar-refractivity contribution in [3.05, 3.63) is 23.4 Å². The zero-order valence-electron chi connectivity index (χ0n) is 7.08. The summed E-state index contributed by atoms with van der Waals surface area (Å²) >= 11 is 0. The molecule has 0 amide bonds. The van der Waals surface area contributed by atoms with Gasteiger partial charge >= 0.3 is 6.36 Å². The van der Waals surface area contributed by atoms with Crippen molar-refractivity contribution in [1.82, 2.24) is 4.98 Å². The highest BCUT2D eigenvalue weighted by atomic mass is 19.4. The number of ether oxygens (including phenoxy) is 1. The molecule has 0 radical (unpaired) electrons. The van der Waals surface area contributed by atoms with Gasteiger partial charge in [-0.3, -0.25) is 4.79 Å². The van der Waals surface area contributed by atoms with E-state index in [2.05, 4.69) is 9.72 Å². The van der Waals surface area contributed by atoms with Gasteiger partial charge in [0.15, 0.2) is 6.29 Å². The van der Waals surface area contributed by atoms with Crippen molar-refractivity contribution < 1.29 is 22.7 Å². The standard InChI is InChI=1S/C8H3F3N2O2/c9-8(10,11)15-7-6(3-12)5(4-14)1-2-13-7/h1-2,4H. The van der Waals surface area contributed by atoms with Gasteiger partial charge in [0.1, 0.15) is 11.6 Å². The van der Waals surface area contributed by atoms with Gasteiger partial charge in [-0.15, -0.1) is 13.2 Å². The fraction of sp³-hybridized carbons (Fsp3) is 0.125. The molecule has 15 heavy (non-hydrogen) atoms. The number of aldehydes is 1. The van der Waals surface area contributed by atoms with Crippen LogP contribution in [-0.2, 0) is 0 Å². The van der Waals surface area contributed by atoms with Crippen LogP contribution >= 0.6 is 0 Å². The molecule has 1 aromatic rings. The van der Waals surface area contributed by atoms with E-state index in [0.717, 1.165) is 12.3 Å². The predicted molar refractivity (Wildman–Crippen MR) is 41.0 cm³/mol. The highest BCUT2D eigenvalue weighted by Gasteiger charge is 2.33. The Morgan fingerprint density at radius 2 is 2.20 bits per heavy atom. The number of nitriles is 1. The first-order valence-corrected chi connectivity index (χ1v) is 3.58. The van der Waals surface area contributed by atoms with E-state index >= 15 is 0 Å². The maximum absolute atomic E-state index is 11.8. The minimum atomic E-state index is -4.94. The summed E-state index contributed by atoms with van der Waals surface area (Å²) in [7, 11) is 0. The Morgan fingerprint density at radius 1 is 1.53 bits per heavy atom. The van der Waals surface area contributed by atoms with Crippen LogP contribution in [0, 0.1) is 11.3 Å². The van der Waals surface area contributed by atoms with Gasteiger partial charge in [-0.1, -0.05) is 0 Å². The lowest BCUT2D eigenvalue weighted by Crippen LogP contribution is -2.19. The number of aromatic nitrogens is 1. The van der Waals surface area contributed by atoms with Crippen molar-refractivity contribution in [1.29, 1.82) is 5.26 Å². The Morgan fingerprint density at radius 3 is 2.67 bits per heavy atom. The van der Waals surface area contributed by atoms with Crippen LogP contribution < -0.4 is 4.74 Å². The van der Waals surface area contributed by atoms with Gasteiger partial charge in [0.2, 0.25) is 5.88 Å². The second kappa shape index (κ2) is 3.96. The monoisotopic (exact) mass is 216 g/mol. The lowest BCUT2D eigenvalue weighted by molar-refractivity contribution is -0.276. The number of halogens is 3. The molecule has 0 N–H and O–H groups in total. The third-order valence-corrected chi connectivity index (χ3v) is 1.40. The smallest absolute Gasteiger partial charge is 0.386 e. The van der Waals surface area contributed by atoms with Crippen LogP contribution in [0.3, 0.4) is 0 Å². The van der Waals surface area contributed by atoms with Gasteiger partial charge < -0.3 is 4.74 Å². The third-order valence-electron chi connectivity index (χ3n) is 1.40. The van der Waals surface area contributed by atoms with Crippen LogP contribution in [0.1, 0.15) is 15.9 Å². The first-order valence-electron chi connectivity index (χ1n) is 3.58. The van der Waals surface area contributed by atoms with E-state index in [1.807, 2.05) is 0 Å². The van der Waals surface area contributed by atoms with Gasteiger partial charge in [0, 0.05) is 11.8 Å². The predicted octanol–water partition coefficient (Wildman–Crippen LogP) is 1.66. The topological polar surface area (TPSA) is 63.0 Å². The molecule has 0 unspecified atom stereocenters. The van der Waals surface area contributed by atoms with Crippen molar-refractivity contribution in [2.24, 2.45) is 0 Å². The van der Waals surface area contributed by atoms with Crippen LogP contribution in [0.4, 0.5) is 13.2 Å². The summed E-state index contributed by atoms with van der Waals surface area (Å²) in [6.07, 6.45) is -3.74. The minimum absolute atomic E-state index is 0.202. The Labute approximate surface area is 81.9 Å². The van der Waals surface area contributed by atoms with Crippen molar-refractivity contribution >= 4 is 6.29 Å². The number of pyridine rings is 1. The van der Waals surface area contributed by atoms with Gasteiger partial charge in [-0.25, -0.2) is 4.98 Å². The van der Waals surface area contributed by atoms with E-state index < -0.39 is 17.8 Å². The molecule has 0 bridgehead atoms. The zero-order chi connectivity index (χ0) is 11.5. The second-order valence-electron chi connectivity index (χ2n) is 2.36. The second-order valence-corrected chi connectivity index (χ2v) is 2.36. The molecule has 0 fully saturated rings. The van der Waals surface area contributed by atoms with Gasteiger partial charge in [-0.05, 0) is 6.07 Å². The molecule has 0 saturated carbocycles. The molecule has 0 aliphatic rings. The fourth-order valence-corrected chi connectivity index (χ4v) is 0.854. The zero-order valence-corrected chi connectivity index (χ0v) is 7.08. The minimum Gasteiger partial charge on any atom is -0.386 e. The quantitative estimate of drug-likeness (QED) is 0.705. The molecule has 0 atom stereocenters. The van der Waals surface area contributed by atoms with Crippen LogP contribution in [0.15, 0.2) is 12.3 Å². The molecule has 0 spiro atoms. The van der Waals surface area contributed by atoms with Gasteiger partial charge in [-0.2, -0.15) is 5.26 Å². The Balaban J connectivity index is 3.19. The largest absolute Gasteiger partial charge is 0.574 e. The number of rotatable bonds is 2. The number of carbonyl (C=O) groups is 1. The Kier molecular flexibility index (Phi) is 2.90.